The first kappa shape index (κ1) is 13.8. The minimum atomic E-state index is -0.474. The van der Waals surface area contributed by atoms with Crippen molar-refractivity contribution < 1.29 is 4.39 Å². The number of hydrogen-bond donors (Lipinski definition) is 2. The molecule has 7 nitrogen and oxygen atoms in total. The highest BCUT2D eigenvalue weighted by atomic mass is 35.5. The van der Waals surface area contributed by atoms with E-state index >= 15 is 0 Å². The Morgan fingerprint density at radius 3 is 3.00 bits per heavy atom. The summed E-state index contributed by atoms with van der Waals surface area (Å²) >= 11 is 7.11. The average molecular weight is 326 g/mol. The molecule has 0 aliphatic heterocycles. The SMILES string of the molecule is Nc1nc(SCc2cn(-c3ccc(F)c(Cl)c3)nn2)n[nH]1. The molecule has 0 aliphatic carbocycles. The second-order valence-corrected chi connectivity index (χ2v) is 5.39. The molecule has 0 bridgehead atoms. The number of rotatable bonds is 4. The van der Waals surface area contributed by atoms with E-state index < -0.39 is 5.82 Å². The second-order valence-electron chi connectivity index (χ2n) is 4.04. The van der Waals surface area contributed by atoms with Gasteiger partial charge in [-0.3, -0.25) is 0 Å². The molecule has 3 N–H and O–H groups in total. The zero-order valence-electron chi connectivity index (χ0n) is 10.5. The van der Waals surface area contributed by atoms with Gasteiger partial charge in [-0.05, 0) is 18.2 Å². The molecule has 0 amide bonds. The summed E-state index contributed by atoms with van der Waals surface area (Å²) in [6, 6.07) is 4.34. The van der Waals surface area contributed by atoms with Crippen LogP contribution in [0.1, 0.15) is 5.69 Å². The predicted octanol–water partition coefficient (Wildman–Crippen LogP) is 2.05. The summed E-state index contributed by atoms with van der Waals surface area (Å²) < 4.78 is 14.6. The second kappa shape index (κ2) is 5.70. The number of hydrogen-bond acceptors (Lipinski definition) is 6. The molecule has 0 fully saturated rings. The molecule has 0 radical (unpaired) electrons. The number of nitrogens with zero attached hydrogens (tertiary/aromatic N) is 5. The van der Waals surface area contributed by atoms with Crippen molar-refractivity contribution in [2.45, 2.75) is 10.9 Å². The third kappa shape index (κ3) is 3.14. The largest absolute Gasteiger partial charge is 0.368 e. The van der Waals surface area contributed by atoms with Crippen LogP contribution in [0.25, 0.3) is 5.69 Å². The Morgan fingerprint density at radius 2 is 2.29 bits per heavy atom. The number of nitrogens with one attached hydrogen (secondary N) is 1. The van der Waals surface area contributed by atoms with Crippen molar-refractivity contribution in [3.8, 4) is 5.69 Å². The van der Waals surface area contributed by atoms with Gasteiger partial charge in [0.05, 0.1) is 22.6 Å². The smallest absolute Gasteiger partial charge is 0.216 e. The molecular formula is C11H9ClFN7S. The predicted molar refractivity (Wildman–Crippen MR) is 76.7 cm³/mol. The van der Waals surface area contributed by atoms with Gasteiger partial charge in [0, 0.05) is 5.75 Å². The molecule has 3 rings (SSSR count). The van der Waals surface area contributed by atoms with Gasteiger partial charge in [0.15, 0.2) is 0 Å². The van der Waals surface area contributed by atoms with Crippen molar-refractivity contribution in [3.05, 3.63) is 40.9 Å². The fourth-order valence-electron chi connectivity index (χ4n) is 1.58. The minimum absolute atomic E-state index is 0.0372. The molecule has 0 saturated heterocycles. The van der Waals surface area contributed by atoms with E-state index in [4.69, 9.17) is 17.3 Å². The van der Waals surface area contributed by atoms with Crippen molar-refractivity contribution in [2.75, 3.05) is 5.73 Å². The summed E-state index contributed by atoms with van der Waals surface area (Å²) in [6.07, 6.45) is 1.73. The lowest BCUT2D eigenvalue weighted by molar-refractivity contribution is 0.627. The van der Waals surface area contributed by atoms with Gasteiger partial charge >= 0.3 is 0 Å². The van der Waals surface area contributed by atoms with E-state index in [2.05, 4.69) is 25.5 Å². The fourth-order valence-corrected chi connectivity index (χ4v) is 2.44. The normalized spacial score (nSPS) is 11.0. The van der Waals surface area contributed by atoms with Crippen LogP contribution in [0, 0.1) is 5.82 Å². The number of aromatic amines is 1. The maximum absolute atomic E-state index is 13.1. The summed E-state index contributed by atoms with van der Waals surface area (Å²) in [7, 11) is 0. The monoisotopic (exact) mass is 325 g/mol. The number of aromatic nitrogens is 6. The number of nitrogens with two attached hydrogens (primary N) is 1. The number of anilines is 1. The molecule has 0 atom stereocenters. The van der Waals surface area contributed by atoms with E-state index in [1.54, 1.807) is 12.3 Å². The molecule has 21 heavy (non-hydrogen) atoms. The molecular weight excluding hydrogens is 317 g/mol. The van der Waals surface area contributed by atoms with Crippen LogP contribution < -0.4 is 5.73 Å². The molecule has 1 aromatic carbocycles. The summed E-state index contributed by atoms with van der Waals surface area (Å²) in [4.78, 5) is 3.97. The number of thioether (sulfide) groups is 1. The Bertz CT molecular complexity index is 772. The molecule has 10 heteroatoms. The van der Waals surface area contributed by atoms with Gasteiger partial charge in [0.1, 0.15) is 5.82 Å². The van der Waals surface area contributed by atoms with E-state index in [1.807, 2.05) is 0 Å². The van der Waals surface area contributed by atoms with Crippen LogP contribution in [0.3, 0.4) is 0 Å². The van der Waals surface area contributed by atoms with E-state index in [0.29, 0.717) is 16.6 Å². The number of nitrogen functional groups attached to an aromatic ring is 1. The zero-order valence-corrected chi connectivity index (χ0v) is 12.1. The van der Waals surface area contributed by atoms with Crippen molar-refractivity contribution in [1.82, 2.24) is 30.2 Å². The molecule has 0 unspecified atom stereocenters. The van der Waals surface area contributed by atoms with Gasteiger partial charge in [-0.2, -0.15) is 4.98 Å². The number of H-pyrrole nitrogens is 1. The van der Waals surface area contributed by atoms with Gasteiger partial charge in [-0.15, -0.1) is 10.2 Å². The Hall–Kier alpha value is -2.13. The fraction of sp³-hybridized carbons (Fsp3) is 0.0909. The van der Waals surface area contributed by atoms with E-state index in [-0.39, 0.29) is 11.0 Å². The Labute approximate surface area is 127 Å². The van der Waals surface area contributed by atoms with Crippen molar-refractivity contribution >= 4 is 29.3 Å². The van der Waals surface area contributed by atoms with Crippen LogP contribution >= 0.6 is 23.4 Å². The lowest BCUT2D eigenvalue weighted by atomic mass is 10.3. The summed E-state index contributed by atoms with van der Waals surface area (Å²) in [5.74, 6) is 0.326. The van der Waals surface area contributed by atoms with E-state index in [0.717, 1.165) is 5.69 Å². The third-order valence-electron chi connectivity index (χ3n) is 2.54. The van der Waals surface area contributed by atoms with Crippen LogP contribution in [0.15, 0.2) is 29.6 Å². The highest BCUT2D eigenvalue weighted by Crippen LogP contribution is 2.20. The third-order valence-corrected chi connectivity index (χ3v) is 3.71. The molecule has 2 heterocycles. The maximum Gasteiger partial charge on any atom is 0.216 e. The zero-order chi connectivity index (χ0) is 14.8. The molecule has 0 aliphatic rings. The van der Waals surface area contributed by atoms with Crippen LogP contribution in [0.5, 0.6) is 0 Å². The first-order chi connectivity index (χ1) is 10.1. The first-order valence-corrected chi connectivity index (χ1v) is 7.15. The lowest BCUT2D eigenvalue weighted by Crippen LogP contribution is -1.95. The molecule has 2 aromatic heterocycles. The topological polar surface area (TPSA) is 98.3 Å². The Kier molecular flexibility index (Phi) is 3.76. The van der Waals surface area contributed by atoms with Gasteiger partial charge in [-0.1, -0.05) is 28.6 Å². The summed E-state index contributed by atoms with van der Waals surface area (Å²) in [5.41, 5.74) is 6.79. The molecule has 0 spiro atoms. The standard InChI is InChI=1S/C11H9ClFN7S/c12-8-3-7(1-2-9(8)13)20-4-6(16-19-20)5-21-11-15-10(14)17-18-11/h1-4H,5H2,(H3,14,15,17,18). The summed E-state index contributed by atoms with van der Waals surface area (Å²) in [6.45, 7) is 0. The highest BCUT2D eigenvalue weighted by molar-refractivity contribution is 7.98. The van der Waals surface area contributed by atoms with Crippen molar-refractivity contribution in [2.24, 2.45) is 0 Å². The van der Waals surface area contributed by atoms with Crippen LogP contribution in [0.4, 0.5) is 10.3 Å². The molecule has 3 aromatic rings. The van der Waals surface area contributed by atoms with Crippen molar-refractivity contribution in [1.29, 1.82) is 0 Å². The van der Waals surface area contributed by atoms with E-state index in [1.165, 1.54) is 28.6 Å². The lowest BCUT2D eigenvalue weighted by Gasteiger charge is -2.00. The van der Waals surface area contributed by atoms with Crippen LogP contribution in [-0.4, -0.2) is 30.2 Å². The van der Waals surface area contributed by atoms with Crippen LogP contribution in [0.2, 0.25) is 5.02 Å². The van der Waals surface area contributed by atoms with E-state index in [9.17, 15) is 4.39 Å². The van der Waals surface area contributed by atoms with Crippen molar-refractivity contribution in [3.63, 3.8) is 0 Å². The molecule has 108 valence electrons. The van der Waals surface area contributed by atoms with Gasteiger partial charge < -0.3 is 5.73 Å². The Balaban J connectivity index is 1.72. The first-order valence-electron chi connectivity index (χ1n) is 5.79. The minimum Gasteiger partial charge on any atom is -0.368 e. The molecule has 0 saturated carbocycles. The van der Waals surface area contributed by atoms with Crippen LogP contribution in [-0.2, 0) is 5.75 Å². The maximum atomic E-state index is 13.1. The van der Waals surface area contributed by atoms with Gasteiger partial charge in [-0.25, -0.2) is 14.2 Å². The van der Waals surface area contributed by atoms with Gasteiger partial charge in [0.25, 0.3) is 0 Å². The highest BCUT2D eigenvalue weighted by Gasteiger charge is 2.08. The quantitative estimate of drug-likeness (QED) is 0.712. The number of benzene rings is 1. The Morgan fingerprint density at radius 1 is 1.43 bits per heavy atom. The van der Waals surface area contributed by atoms with Gasteiger partial charge in [0.2, 0.25) is 11.1 Å². The summed E-state index contributed by atoms with van der Waals surface area (Å²) in [5, 5.41) is 15.0. The average Bonchev–Trinajstić information content (AvgIpc) is 3.08. The number of halogens is 2.